The summed E-state index contributed by atoms with van der Waals surface area (Å²) in [5, 5.41) is 3.42. The van der Waals surface area contributed by atoms with E-state index in [4.69, 9.17) is 0 Å². The third-order valence-electron chi connectivity index (χ3n) is 5.06. The third-order valence-corrected chi connectivity index (χ3v) is 5.06. The average molecular weight is 379 g/mol. The van der Waals surface area contributed by atoms with Crippen molar-refractivity contribution in [3.8, 4) is 0 Å². The zero-order valence-electron chi connectivity index (χ0n) is 15.5. The van der Waals surface area contributed by atoms with Gasteiger partial charge in [0.15, 0.2) is 0 Å². The fourth-order valence-electron chi connectivity index (χ4n) is 3.58. The van der Waals surface area contributed by atoms with Crippen molar-refractivity contribution < 1.29 is 4.79 Å². The van der Waals surface area contributed by atoms with Gasteiger partial charge < -0.3 is 15.2 Å². The smallest absolute Gasteiger partial charge is 0.328 e. The number of nitrogens with zero attached hydrogens (tertiary/aromatic N) is 3. The number of aromatic nitrogens is 3. The van der Waals surface area contributed by atoms with Gasteiger partial charge in [0.05, 0.1) is 10.9 Å². The summed E-state index contributed by atoms with van der Waals surface area (Å²) in [5.41, 5.74) is -0.0451. The number of rotatable bonds is 4. The van der Waals surface area contributed by atoms with Gasteiger partial charge >= 0.3 is 5.69 Å². The Morgan fingerprint density at radius 1 is 1.29 bits per heavy atom. The van der Waals surface area contributed by atoms with Crippen LogP contribution >= 0.6 is 0 Å². The number of pyridine rings is 1. The van der Waals surface area contributed by atoms with E-state index < -0.39 is 5.69 Å². The van der Waals surface area contributed by atoms with Crippen LogP contribution in [0.15, 0.2) is 52.2 Å². The lowest BCUT2D eigenvalue weighted by Crippen LogP contribution is -2.37. The fraction of sp³-hybridized carbons (Fsp3) is 0.300. The van der Waals surface area contributed by atoms with Crippen molar-refractivity contribution in [2.75, 3.05) is 18.0 Å². The molecule has 0 bridgehead atoms. The number of hydrogen-bond acceptors (Lipinski definition) is 5. The maximum absolute atomic E-state index is 12.7. The molecule has 1 aliphatic heterocycles. The third kappa shape index (κ3) is 3.28. The van der Waals surface area contributed by atoms with Crippen LogP contribution in [0.4, 0.5) is 5.82 Å². The normalized spacial score (nSPS) is 16.5. The standard InChI is InChI=1S/C20H21N5O3/c1-2-25-19(27)15-7-6-13(11-16(15)23-20(25)28)18(26)22-14-8-10-24(12-14)17-5-3-4-9-21-17/h3-7,9,11,14H,2,8,10,12H2,1H3,(H,22,26)(H,23,28)/t14-/m1/s1. The van der Waals surface area contributed by atoms with Gasteiger partial charge in [0, 0.05) is 37.4 Å². The highest BCUT2D eigenvalue weighted by Gasteiger charge is 2.25. The first-order chi connectivity index (χ1) is 13.6. The number of anilines is 1. The van der Waals surface area contributed by atoms with Gasteiger partial charge in [-0.1, -0.05) is 6.07 Å². The lowest BCUT2D eigenvalue weighted by molar-refractivity contribution is 0.0940. The monoisotopic (exact) mass is 379 g/mol. The molecule has 1 fully saturated rings. The van der Waals surface area contributed by atoms with Gasteiger partial charge in [-0.15, -0.1) is 0 Å². The second-order valence-corrected chi connectivity index (χ2v) is 6.83. The molecule has 144 valence electrons. The lowest BCUT2D eigenvalue weighted by atomic mass is 10.1. The number of hydrogen-bond donors (Lipinski definition) is 2. The van der Waals surface area contributed by atoms with Crippen molar-refractivity contribution >= 4 is 22.6 Å². The molecule has 2 N–H and O–H groups in total. The van der Waals surface area contributed by atoms with E-state index in [1.807, 2.05) is 18.2 Å². The highest BCUT2D eigenvalue weighted by Crippen LogP contribution is 2.18. The SMILES string of the molecule is CCn1c(=O)[nH]c2cc(C(=O)N[C@@H]3CCN(c4ccccn4)C3)ccc2c1=O. The van der Waals surface area contributed by atoms with Crippen LogP contribution in [0.5, 0.6) is 0 Å². The van der Waals surface area contributed by atoms with Crippen LogP contribution < -0.4 is 21.5 Å². The second kappa shape index (κ2) is 7.30. The van der Waals surface area contributed by atoms with E-state index in [1.165, 1.54) is 0 Å². The highest BCUT2D eigenvalue weighted by atomic mass is 16.2. The number of H-pyrrole nitrogens is 1. The zero-order chi connectivity index (χ0) is 19.7. The summed E-state index contributed by atoms with van der Waals surface area (Å²) < 4.78 is 1.13. The van der Waals surface area contributed by atoms with E-state index in [-0.39, 0.29) is 17.5 Å². The Balaban J connectivity index is 1.52. The summed E-state index contributed by atoms with van der Waals surface area (Å²) in [5.74, 6) is 0.671. The summed E-state index contributed by atoms with van der Waals surface area (Å²) >= 11 is 0. The number of benzene rings is 1. The molecule has 3 heterocycles. The van der Waals surface area contributed by atoms with Crippen LogP contribution in [-0.4, -0.2) is 39.6 Å². The molecule has 1 amide bonds. The number of carbonyl (C=O) groups is 1. The first kappa shape index (κ1) is 18.0. The van der Waals surface area contributed by atoms with E-state index in [1.54, 1.807) is 31.3 Å². The molecule has 4 rings (SSSR count). The highest BCUT2D eigenvalue weighted by molar-refractivity contribution is 5.97. The van der Waals surface area contributed by atoms with Crippen molar-refractivity contribution in [2.24, 2.45) is 0 Å². The number of aromatic amines is 1. The predicted octanol–water partition coefficient (Wildman–Crippen LogP) is 1.11. The molecule has 8 nitrogen and oxygen atoms in total. The molecule has 0 aliphatic carbocycles. The Hall–Kier alpha value is -3.42. The topological polar surface area (TPSA) is 100 Å². The second-order valence-electron chi connectivity index (χ2n) is 6.83. The molecule has 2 aromatic heterocycles. The largest absolute Gasteiger partial charge is 0.354 e. The Bertz CT molecular complexity index is 1140. The number of amides is 1. The molecule has 1 aliphatic rings. The molecular formula is C20H21N5O3. The summed E-state index contributed by atoms with van der Waals surface area (Å²) in [6.07, 6.45) is 2.58. The Labute approximate surface area is 160 Å². The predicted molar refractivity (Wildman–Crippen MR) is 107 cm³/mol. The molecule has 0 saturated carbocycles. The summed E-state index contributed by atoms with van der Waals surface area (Å²) in [6, 6.07) is 10.5. The maximum Gasteiger partial charge on any atom is 0.328 e. The maximum atomic E-state index is 12.7. The minimum Gasteiger partial charge on any atom is -0.354 e. The Morgan fingerprint density at radius 2 is 2.14 bits per heavy atom. The van der Waals surface area contributed by atoms with Crippen molar-refractivity contribution in [3.05, 3.63) is 69.0 Å². The Morgan fingerprint density at radius 3 is 2.89 bits per heavy atom. The molecule has 0 unspecified atom stereocenters. The molecule has 0 spiro atoms. The van der Waals surface area contributed by atoms with Crippen molar-refractivity contribution in [3.63, 3.8) is 0 Å². The van der Waals surface area contributed by atoms with Crippen LogP contribution in [0, 0.1) is 0 Å². The van der Waals surface area contributed by atoms with E-state index in [0.717, 1.165) is 23.4 Å². The molecular weight excluding hydrogens is 358 g/mol. The van der Waals surface area contributed by atoms with Crippen molar-refractivity contribution in [2.45, 2.75) is 25.9 Å². The summed E-state index contributed by atoms with van der Waals surface area (Å²) in [4.78, 5) is 46.2. The molecule has 0 radical (unpaired) electrons. The van der Waals surface area contributed by atoms with Crippen LogP contribution in [0.25, 0.3) is 10.9 Å². The van der Waals surface area contributed by atoms with Gasteiger partial charge in [-0.3, -0.25) is 14.2 Å². The van der Waals surface area contributed by atoms with Crippen LogP contribution in [-0.2, 0) is 6.54 Å². The first-order valence-electron chi connectivity index (χ1n) is 9.30. The average Bonchev–Trinajstić information content (AvgIpc) is 3.17. The number of fused-ring (bicyclic) bond motifs is 1. The summed E-state index contributed by atoms with van der Waals surface area (Å²) in [6.45, 7) is 3.54. The molecule has 3 aromatic rings. The van der Waals surface area contributed by atoms with Crippen LogP contribution in [0.1, 0.15) is 23.7 Å². The fourth-order valence-corrected chi connectivity index (χ4v) is 3.58. The lowest BCUT2D eigenvalue weighted by Gasteiger charge is -2.17. The number of nitrogens with one attached hydrogen (secondary N) is 2. The van der Waals surface area contributed by atoms with Gasteiger partial charge in [0.25, 0.3) is 11.5 Å². The zero-order valence-corrected chi connectivity index (χ0v) is 15.5. The first-order valence-corrected chi connectivity index (χ1v) is 9.30. The minimum atomic E-state index is -0.473. The van der Waals surface area contributed by atoms with Crippen LogP contribution in [0.2, 0.25) is 0 Å². The Kier molecular flexibility index (Phi) is 4.68. The van der Waals surface area contributed by atoms with E-state index in [9.17, 15) is 14.4 Å². The molecule has 8 heteroatoms. The minimum absolute atomic E-state index is 0.0114. The van der Waals surface area contributed by atoms with Gasteiger partial charge in [-0.05, 0) is 43.7 Å². The van der Waals surface area contributed by atoms with Gasteiger partial charge in [0.2, 0.25) is 0 Å². The molecule has 1 saturated heterocycles. The molecule has 1 aromatic carbocycles. The van der Waals surface area contributed by atoms with Crippen LogP contribution in [0.3, 0.4) is 0 Å². The van der Waals surface area contributed by atoms with E-state index >= 15 is 0 Å². The van der Waals surface area contributed by atoms with Crippen molar-refractivity contribution in [1.29, 1.82) is 0 Å². The van der Waals surface area contributed by atoms with E-state index in [0.29, 0.717) is 29.6 Å². The van der Waals surface area contributed by atoms with Gasteiger partial charge in [-0.2, -0.15) is 0 Å². The summed E-state index contributed by atoms with van der Waals surface area (Å²) in [7, 11) is 0. The van der Waals surface area contributed by atoms with E-state index in [2.05, 4.69) is 20.2 Å². The molecule has 1 atom stereocenters. The quantitative estimate of drug-likeness (QED) is 0.707. The number of carbonyl (C=O) groups excluding carboxylic acids is 1. The molecule has 28 heavy (non-hydrogen) atoms. The van der Waals surface area contributed by atoms with Gasteiger partial charge in [0.1, 0.15) is 5.82 Å². The van der Waals surface area contributed by atoms with Gasteiger partial charge in [-0.25, -0.2) is 9.78 Å². The van der Waals surface area contributed by atoms with Crippen molar-refractivity contribution in [1.82, 2.24) is 19.9 Å².